The van der Waals surface area contributed by atoms with Gasteiger partial charge in [-0.15, -0.1) is 0 Å². The quantitative estimate of drug-likeness (QED) is 0.660. The van der Waals surface area contributed by atoms with Crippen molar-refractivity contribution in [2.75, 3.05) is 7.11 Å². The first kappa shape index (κ1) is 13.6. The minimum Gasteiger partial charge on any atom is -0.464 e. The van der Waals surface area contributed by atoms with Crippen molar-refractivity contribution in [2.24, 2.45) is 0 Å². The number of hydrogen-bond acceptors (Lipinski definition) is 3. The van der Waals surface area contributed by atoms with E-state index in [1.165, 1.54) is 7.11 Å². The third-order valence-electron chi connectivity index (χ3n) is 3.25. The number of carbonyl (C=O) groups is 1. The number of aromatic nitrogens is 1. The summed E-state index contributed by atoms with van der Waals surface area (Å²) in [6.07, 6.45) is 0. The minimum atomic E-state index is -0.448. The van der Waals surface area contributed by atoms with Gasteiger partial charge in [0.1, 0.15) is 5.69 Å². The Kier molecular flexibility index (Phi) is 3.59. The van der Waals surface area contributed by atoms with Gasteiger partial charge >= 0.3 is 5.97 Å². The maximum Gasteiger partial charge on any atom is 0.356 e. The van der Waals surface area contributed by atoms with Crippen molar-refractivity contribution < 1.29 is 9.53 Å². The van der Waals surface area contributed by atoms with Crippen LogP contribution in [0, 0.1) is 0 Å². The zero-order valence-corrected chi connectivity index (χ0v) is 12.1. The highest BCUT2D eigenvalue weighted by atomic mass is 35.5. The molecular formula is C17H12ClNO2. The van der Waals surface area contributed by atoms with Gasteiger partial charge < -0.3 is 4.74 Å². The maximum absolute atomic E-state index is 11.8. The zero-order chi connectivity index (χ0) is 14.8. The lowest BCUT2D eigenvalue weighted by atomic mass is 10.0. The topological polar surface area (TPSA) is 39.2 Å². The molecule has 0 radical (unpaired) electrons. The molecule has 21 heavy (non-hydrogen) atoms. The van der Waals surface area contributed by atoms with Gasteiger partial charge in [0.2, 0.25) is 0 Å². The molecule has 4 heteroatoms. The van der Waals surface area contributed by atoms with Crippen molar-refractivity contribution in [3.8, 4) is 11.3 Å². The van der Waals surface area contributed by atoms with Crippen LogP contribution in [0.4, 0.5) is 0 Å². The molecule has 0 fully saturated rings. The summed E-state index contributed by atoms with van der Waals surface area (Å²) in [5.74, 6) is -0.448. The predicted molar refractivity (Wildman–Crippen MR) is 83.5 cm³/mol. The fourth-order valence-corrected chi connectivity index (χ4v) is 2.36. The molecular weight excluding hydrogens is 286 g/mol. The van der Waals surface area contributed by atoms with E-state index in [0.717, 1.165) is 22.0 Å². The number of methoxy groups -OCH3 is 1. The predicted octanol–water partition coefficient (Wildman–Crippen LogP) is 4.34. The molecule has 104 valence electrons. The Bertz CT molecular complexity index is 813. The Labute approximate surface area is 127 Å². The van der Waals surface area contributed by atoms with Gasteiger partial charge in [-0.3, -0.25) is 0 Å². The summed E-state index contributed by atoms with van der Waals surface area (Å²) in [5, 5.41) is 2.58. The number of hydrogen-bond donors (Lipinski definition) is 0. The van der Waals surface area contributed by atoms with Crippen molar-refractivity contribution in [2.45, 2.75) is 0 Å². The van der Waals surface area contributed by atoms with E-state index in [4.69, 9.17) is 16.3 Å². The summed E-state index contributed by atoms with van der Waals surface area (Å²) in [4.78, 5) is 16.2. The van der Waals surface area contributed by atoms with E-state index in [9.17, 15) is 4.79 Å². The largest absolute Gasteiger partial charge is 0.464 e. The number of pyridine rings is 1. The number of esters is 1. The first-order chi connectivity index (χ1) is 10.2. The number of nitrogens with zero attached hydrogens (tertiary/aromatic N) is 1. The molecule has 0 atom stereocenters. The van der Waals surface area contributed by atoms with Crippen LogP contribution in [-0.2, 0) is 4.74 Å². The van der Waals surface area contributed by atoms with E-state index in [1.54, 1.807) is 18.2 Å². The Morgan fingerprint density at radius 3 is 2.52 bits per heavy atom. The molecule has 0 unspecified atom stereocenters. The van der Waals surface area contributed by atoms with E-state index in [0.29, 0.717) is 10.7 Å². The van der Waals surface area contributed by atoms with Gasteiger partial charge in [0.15, 0.2) is 0 Å². The van der Waals surface area contributed by atoms with Crippen LogP contribution in [0.15, 0.2) is 54.6 Å². The lowest BCUT2D eigenvalue weighted by Crippen LogP contribution is -2.05. The number of carbonyl (C=O) groups excluding carboxylic acids is 1. The smallest absolute Gasteiger partial charge is 0.356 e. The second kappa shape index (κ2) is 5.54. The van der Waals surface area contributed by atoms with Crippen molar-refractivity contribution in [1.82, 2.24) is 4.98 Å². The normalized spacial score (nSPS) is 10.6. The van der Waals surface area contributed by atoms with Crippen LogP contribution in [0.1, 0.15) is 10.5 Å². The highest BCUT2D eigenvalue weighted by Gasteiger charge is 2.13. The first-order valence-electron chi connectivity index (χ1n) is 6.43. The molecule has 0 aliphatic rings. The fourth-order valence-electron chi connectivity index (χ4n) is 2.24. The molecule has 1 heterocycles. The maximum atomic E-state index is 11.8. The molecule has 0 saturated carbocycles. The number of halogens is 1. The SMILES string of the molecule is COC(=O)c1cc2ccccc2c(-c2ccc(Cl)cc2)n1. The third kappa shape index (κ3) is 2.60. The molecule has 0 spiro atoms. The summed E-state index contributed by atoms with van der Waals surface area (Å²) in [7, 11) is 1.35. The second-order valence-corrected chi connectivity index (χ2v) is 5.01. The average Bonchev–Trinajstić information content (AvgIpc) is 2.54. The summed E-state index contributed by atoms with van der Waals surface area (Å²) < 4.78 is 4.77. The molecule has 0 bridgehead atoms. The van der Waals surface area contributed by atoms with Gasteiger partial charge in [-0.2, -0.15) is 0 Å². The monoisotopic (exact) mass is 297 g/mol. The van der Waals surface area contributed by atoms with Crippen LogP contribution in [0.25, 0.3) is 22.0 Å². The molecule has 3 aromatic rings. The van der Waals surface area contributed by atoms with E-state index in [1.807, 2.05) is 36.4 Å². The Morgan fingerprint density at radius 1 is 1.10 bits per heavy atom. The molecule has 0 amide bonds. The van der Waals surface area contributed by atoms with Crippen LogP contribution in [0.3, 0.4) is 0 Å². The molecule has 0 saturated heterocycles. The number of rotatable bonds is 2. The molecule has 0 aliphatic heterocycles. The van der Waals surface area contributed by atoms with Crippen LogP contribution < -0.4 is 0 Å². The summed E-state index contributed by atoms with van der Waals surface area (Å²) >= 11 is 5.93. The highest BCUT2D eigenvalue weighted by Crippen LogP contribution is 2.28. The van der Waals surface area contributed by atoms with Gasteiger partial charge in [-0.1, -0.05) is 48.0 Å². The molecule has 0 aliphatic carbocycles. The molecule has 0 N–H and O–H groups in total. The summed E-state index contributed by atoms with van der Waals surface area (Å²) in [6, 6.07) is 16.9. The van der Waals surface area contributed by atoms with Crippen molar-refractivity contribution >= 4 is 28.3 Å². The fraction of sp³-hybridized carbons (Fsp3) is 0.0588. The van der Waals surface area contributed by atoms with E-state index in [2.05, 4.69) is 4.98 Å². The van der Waals surface area contributed by atoms with Crippen molar-refractivity contribution in [3.63, 3.8) is 0 Å². The van der Waals surface area contributed by atoms with E-state index >= 15 is 0 Å². The van der Waals surface area contributed by atoms with Gasteiger partial charge in [0, 0.05) is 16.0 Å². The van der Waals surface area contributed by atoms with Crippen LogP contribution in [0.2, 0.25) is 5.02 Å². The summed E-state index contributed by atoms with van der Waals surface area (Å²) in [6.45, 7) is 0. The van der Waals surface area contributed by atoms with Crippen molar-refractivity contribution in [3.05, 3.63) is 65.3 Å². The molecule has 1 aromatic heterocycles. The lowest BCUT2D eigenvalue weighted by molar-refractivity contribution is 0.0594. The molecule has 2 aromatic carbocycles. The Morgan fingerprint density at radius 2 is 1.81 bits per heavy atom. The average molecular weight is 298 g/mol. The number of benzene rings is 2. The second-order valence-electron chi connectivity index (χ2n) is 4.58. The van der Waals surface area contributed by atoms with E-state index < -0.39 is 5.97 Å². The van der Waals surface area contributed by atoms with Crippen LogP contribution in [-0.4, -0.2) is 18.1 Å². The highest BCUT2D eigenvalue weighted by molar-refractivity contribution is 6.30. The zero-order valence-electron chi connectivity index (χ0n) is 11.3. The lowest BCUT2D eigenvalue weighted by Gasteiger charge is -2.09. The van der Waals surface area contributed by atoms with Gasteiger partial charge in [0.05, 0.1) is 12.8 Å². The van der Waals surface area contributed by atoms with Gasteiger partial charge in [-0.05, 0) is 23.6 Å². The Hall–Kier alpha value is -2.39. The molecule has 3 nitrogen and oxygen atoms in total. The van der Waals surface area contributed by atoms with Crippen LogP contribution in [0.5, 0.6) is 0 Å². The number of ether oxygens (including phenoxy) is 1. The van der Waals surface area contributed by atoms with E-state index in [-0.39, 0.29) is 0 Å². The van der Waals surface area contributed by atoms with Gasteiger partial charge in [0.25, 0.3) is 0 Å². The summed E-state index contributed by atoms with van der Waals surface area (Å²) in [5.41, 5.74) is 1.94. The minimum absolute atomic E-state index is 0.293. The van der Waals surface area contributed by atoms with Crippen LogP contribution >= 0.6 is 11.6 Å². The van der Waals surface area contributed by atoms with Gasteiger partial charge in [-0.25, -0.2) is 9.78 Å². The third-order valence-corrected chi connectivity index (χ3v) is 3.50. The standard InChI is InChI=1S/C17H12ClNO2/c1-21-17(20)15-10-12-4-2-3-5-14(12)16(19-15)11-6-8-13(18)9-7-11/h2-10H,1H3. The molecule has 3 rings (SSSR count). The Balaban J connectivity index is 2.28. The number of fused-ring (bicyclic) bond motifs is 1. The first-order valence-corrected chi connectivity index (χ1v) is 6.81. The van der Waals surface area contributed by atoms with Crippen molar-refractivity contribution in [1.29, 1.82) is 0 Å².